The molecule has 0 fully saturated rings. The van der Waals surface area contributed by atoms with Crippen LogP contribution in [0.3, 0.4) is 0 Å². The number of nitrogens with zero attached hydrogens (tertiary/aromatic N) is 1. The number of ether oxygens (including phenoxy) is 1. The van der Waals surface area contributed by atoms with Gasteiger partial charge in [-0.25, -0.2) is 4.98 Å². The Kier molecular flexibility index (Phi) is 3.89. The van der Waals surface area contributed by atoms with E-state index in [1.54, 1.807) is 0 Å². The summed E-state index contributed by atoms with van der Waals surface area (Å²) >= 11 is 0. The average Bonchev–Trinajstić information content (AvgIpc) is 2.20. The Hall–Kier alpha value is -1.56. The molecule has 1 aromatic heterocycles. The lowest BCUT2D eigenvalue weighted by molar-refractivity contribution is 0.000652. The molecule has 90 valence electrons. The van der Waals surface area contributed by atoms with Gasteiger partial charge in [0, 0.05) is 13.2 Å². The number of nitrogens with one attached hydrogen (secondary N) is 2. The second kappa shape index (κ2) is 4.98. The van der Waals surface area contributed by atoms with Crippen LogP contribution in [0.2, 0.25) is 0 Å². The molecule has 0 aromatic carbocycles. The Labute approximate surface area is 94.2 Å². The fourth-order valence-electron chi connectivity index (χ4n) is 1.29. The van der Waals surface area contributed by atoms with E-state index in [9.17, 15) is 4.79 Å². The standard InChI is InChI=1S/C10H18N4O2/c1-4-16-10(2,3)5-12-8-7(11)9(15)14-6-13-8/h6H,4-5,11H2,1-3H3,(H2,12,13,14,15). The van der Waals surface area contributed by atoms with Crippen molar-refractivity contribution >= 4 is 11.5 Å². The number of H-pyrrole nitrogens is 1. The molecule has 0 aliphatic heterocycles. The van der Waals surface area contributed by atoms with E-state index in [1.807, 2.05) is 20.8 Å². The highest BCUT2D eigenvalue weighted by molar-refractivity contribution is 5.58. The van der Waals surface area contributed by atoms with Gasteiger partial charge < -0.3 is 20.8 Å². The van der Waals surface area contributed by atoms with Gasteiger partial charge in [-0.3, -0.25) is 4.79 Å². The predicted octanol–water partition coefficient (Wildman–Crippen LogP) is 0.579. The molecule has 0 radical (unpaired) electrons. The normalized spacial score (nSPS) is 11.4. The Bertz CT molecular complexity index is 400. The maximum atomic E-state index is 11.2. The van der Waals surface area contributed by atoms with E-state index < -0.39 is 0 Å². The monoisotopic (exact) mass is 226 g/mol. The summed E-state index contributed by atoms with van der Waals surface area (Å²) in [6.07, 6.45) is 1.31. The molecular formula is C10H18N4O2. The minimum atomic E-state index is -0.341. The second-order valence-corrected chi connectivity index (χ2v) is 4.04. The predicted molar refractivity (Wildman–Crippen MR) is 63.5 cm³/mol. The van der Waals surface area contributed by atoms with Crippen molar-refractivity contribution in [3.8, 4) is 0 Å². The number of nitrogen functional groups attached to an aromatic ring is 1. The molecule has 1 aromatic rings. The molecular weight excluding hydrogens is 208 g/mol. The van der Waals surface area contributed by atoms with E-state index >= 15 is 0 Å². The highest BCUT2D eigenvalue weighted by Gasteiger charge is 2.18. The zero-order chi connectivity index (χ0) is 12.2. The number of hydrogen-bond donors (Lipinski definition) is 3. The SMILES string of the molecule is CCOC(C)(C)CNc1nc[nH]c(=O)c1N. The smallest absolute Gasteiger partial charge is 0.276 e. The zero-order valence-corrected chi connectivity index (χ0v) is 9.83. The van der Waals surface area contributed by atoms with Crippen LogP contribution in [0.15, 0.2) is 11.1 Å². The summed E-state index contributed by atoms with van der Waals surface area (Å²) in [5, 5.41) is 3.00. The van der Waals surface area contributed by atoms with E-state index in [-0.39, 0.29) is 16.8 Å². The molecule has 6 heteroatoms. The summed E-state index contributed by atoms with van der Waals surface area (Å²) in [5.74, 6) is 0.386. The third kappa shape index (κ3) is 3.23. The Morgan fingerprint density at radius 3 is 2.94 bits per heavy atom. The van der Waals surface area contributed by atoms with Gasteiger partial charge in [-0.05, 0) is 20.8 Å². The first-order valence-corrected chi connectivity index (χ1v) is 5.17. The fraction of sp³-hybridized carbons (Fsp3) is 0.600. The topological polar surface area (TPSA) is 93.0 Å². The quantitative estimate of drug-likeness (QED) is 0.683. The number of hydrogen-bond acceptors (Lipinski definition) is 5. The molecule has 0 spiro atoms. The van der Waals surface area contributed by atoms with E-state index in [4.69, 9.17) is 10.5 Å². The second-order valence-electron chi connectivity index (χ2n) is 4.04. The molecule has 1 heterocycles. The highest BCUT2D eigenvalue weighted by Crippen LogP contribution is 2.13. The third-order valence-corrected chi connectivity index (χ3v) is 2.11. The van der Waals surface area contributed by atoms with Gasteiger partial charge in [-0.1, -0.05) is 0 Å². The summed E-state index contributed by atoms with van der Waals surface area (Å²) in [4.78, 5) is 17.6. The largest absolute Gasteiger partial charge is 0.391 e. The first-order valence-electron chi connectivity index (χ1n) is 5.17. The molecule has 0 aliphatic rings. The van der Waals surface area contributed by atoms with Gasteiger partial charge in [0.1, 0.15) is 5.69 Å². The van der Waals surface area contributed by atoms with Gasteiger partial charge in [0.15, 0.2) is 5.82 Å². The maximum absolute atomic E-state index is 11.2. The minimum absolute atomic E-state index is 0.0924. The van der Waals surface area contributed by atoms with Crippen molar-refractivity contribution in [2.24, 2.45) is 0 Å². The van der Waals surface area contributed by atoms with Crippen molar-refractivity contribution in [3.63, 3.8) is 0 Å². The Morgan fingerprint density at radius 2 is 2.31 bits per heavy atom. The van der Waals surface area contributed by atoms with E-state index in [2.05, 4.69) is 15.3 Å². The minimum Gasteiger partial charge on any atom is -0.391 e. The molecule has 0 bridgehead atoms. The van der Waals surface area contributed by atoms with Crippen LogP contribution in [0.25, 0.3) is 0 Å². The third-order valence-electron chi connectivity index (χ3n) is 2.11. The molecule has 6 nitrogen and oxygen atoms in total. The van der Waals surface area contributed by atoms with Crippen LogP contribution >= 0.6 is 0 Å². The van der Waals surface area contributed by atoms with Gasteiger partial charge in [0.2, 0.25) is 0 Å². The van der Waals surface area contributed by atoms with E-state index in [0.29, 0.717) is 19.0 Å². The van der Waals surface area contributed by atoms with Crippen LogP contribution in [0.1, 0.15) is 20.8 Å². The van der Waals surface area contributed by atoms with Gasteiger partial charge in [-0.15, -0.1) is 0 Å². The molecule has 0 amide bonds. The molecule has 0 atom stereocenters. The van der Waals surface area contributed by atoms with Crippen molar-refractivity contribution in [3.05, 3.63) is 16.7 Å². The van der Waals surface area contributed by atoms with Crippen LogP contribution in [0.5, 0.6) is 0 Å². The van der Waals surface area contributed by atoms with Crippen molar-refractivity contribution in [1.29, 1.82) is 0 Å². The number of aromatic amines is 1. The van der Waals surface area contributed by atoms with E-state index in [1.165, 1.54) is 6.33 Å². The molecule has 16 heavy (non-hydrogen) atoms. The van der Waals surface area contributed by atoms with Crippen LogP contribution in [-0.4, -0.2) is 28.7 Å². The summed E-state index contributed by atoms with van der Waals surface area (Å²) < 4.78 is 5.50. The maximum Gasteiger partial charge on any atom is 0.276 e. The summed E-state index contributed by atoms with van der Waals surface area (Å²) in [7, 11) is 0. The summed E-state index contributed by atoms with van der Waals surface area (Å²) in [6, 6.07) is 0. The number of nitrogens with two attached hydrogens (primary N) is 1. The van der Waals surface area contributed by atoms with Gasteiger partial charge in [0.05, 0.1) is 11.9 Å². The Balaban J connectivity index is 2.68. The van der Waals surface area contributed by atoms with Crippen molar-refractivity contribution in [1.82, 2.24) is 9.97 Å². The van der Waals surface area contributed by atoms with Gasteiger partial charge in [0.25, 0.3) is 5.56 Å². The fourth-order valence-corrected chi connectivity index (χ4v) is 1.29. The first kappa shape index (κ1) is 12.5. The number of anilines is 2. The zero-order valence-electron chi connectivity index (χ0n) is 9.83. The molecule has 0 unspecified atom stereocenters. The average molecular weight is 226 g/mol. The van der Waals surface area contributed by atoms with Gasteiger partial charge >= 0.3 is 0 Å². The lowest BCUT2D eigenvalue weighted by Crippen LogP contribution is -2.34. The molecule has 0 aliphatic carbocycles. The molecule has 4 N–H and O–H groups in total. The number of aromatic nitrogens is 2. The lowest BCUT2D eigenvalue weighted by Gasteiger charge is -2.25. The highest BCUT2D eigenvalue weighted by atomic mass is 16.5. The van der Waals surface area contributed by atoms with Crippen LogP contribution in [0, 0.1) is 0 Å². The molecule has 1 rings (SSSR count). The van der Waals surface area contributed by atoms with Crippen LogP contribution < -0.4 is 16.6 Å². The number of rotatable bonds is 5. The first-order chi connectivity index (χ1) is 7.46. The van der Waals surface area contributed by atoms with Crippen molar-refractivity contribution in [2.75, 3.05) is 24.2 Å². The van der Waals surface area contributed by atoms with E-state index in [0.717, 1.165) is 0 Å². The molecule has 0 saturated heterocycles. The van der Waals surface area contributed by atoms with Crippen LogP contribution in [0.4, 0.5) is 11.5 Å². The summed E-state index contributed by atoms with van der Waals surface area (Å²) in [6.45, 7) is 7.00. The van der Waals surface area contributed by atoms with Crippen molar-refractivity contribution in [2.45, 2.75) is 26.4 Å². The Morgan fingerprint density at radius 1 is 1.62 bits per heavy atom. The molecule has 0 saturated carbocycles. The van der Waals surface area contributed by atoms with Crippen LogP contribution in [-0.2, 0) is 4.74 Å². The summed E-state index contributed by atoms with van der Waals surface area (Å²) in [5.41, 5.74) is 5.00. The van der Waals surface area contributed by atoms with Gasteiger partial charge in [-0.2, -0.15) is 0 Å². The lowest BCUT2D eigenvalue weighted by atomic mass is 10.1. The van der Waals surface area contributed by atoms with Crippen molar-refractivity contribution < 1.29 is 4.74 Å².